The van der Waals surface area contributed by atoms with Gasteiger partial charge in [-0.25, -0.2) is 8.42 Å². The van der Waals surface area contributed by atoms with E-state index in [4.69, 9.17) is 0 Å². The fourth-order valence-electron chi connectivity index (χ4n) is 3.45. The zero-order chi connectivity index (χ0) is 23.7. The number of amides is 1. The van der Waals surface area contributed by atoms with Gasteiger partial charge in [0.25, 0.3) is 0 Å². The summed E-state index contributed by atoms with van der Waals surface area (Å²) in [6.07, 6.45) is -3.83. The van der Waals surface area contributed by atoms with Crippen molar-refractivity contribution in [2.75, 3.05) is 12.3 Å². The first-order valence-electron chi connectivity index (χ1n) is 9.46. The van der Waals surface area contributed by atoms with Gasteiger partial charge in [0, 0.05) is 37.8 Å². The molecule has 12 heteroatoms. The number of aromatic nitrogens is 1. The van der Waals surface area contributed by atoms with Crippen molar-refractivity contribution >= 4 is 15.7 Å². The molecule has 1 aromatic carbocycles. The molecule has 2 aromatic rings. The van der Waals surface area contributed by atoms with Crippen LogP contribution in [0.3, 0.4) is 0 Å². The third kappa shape index (κ3) is 5.40. The second-order valence-corrected chi connectivity index (χ2v) is 9.45. The van der Waals surface area contributed by atoms with Crippen LogP contribution in [0.1, 0.15) is 34.4 Å². The smallest absolute Gasteiger partial charge is 0.338 e. The Bertz CT molecular complexity index is 1100. The summed E-state index contributed by atoms with van der Waals surface area (Å²) >= 11 is 0. The van der Waals surface area contributed by atoms with Gasteiger partial charge in [-0.3, -0.25) is 9.78 Å². The first-order valence-corrected chi connectivity index (χ1v) is 11.1. The Morgan fingerprint density at radius 1 is 1.06 bits per heavy atom. The van der Waals surface area contributed by atoms with E-state index in [2.05, 4.69) is 4.98 Å². The molecule has 0 saturated carbocycles. The predicted molar refractivity (Wildman–Crippen MR) is 102 cm³/mol. The summed E-state index contributed by atoms with van der Waals surface area (Å²) in [6, 6.07) is 7.49. The van der Waals surface area contributed by atoms with Crippen LogP contribution in [0.2, 0.25) is 0 Å². The third-order valence-electron chi connectivity index (χ3n) is 5.18. The Labute approximate surface area is 180 Å². The molecule has 0 fully saturated rings. The van der Waals surface area contributed by atoms with Crippen molar-refractivity contribution in [2.24, 2.45) is 0 Å². The largest absolute Gasteiger partial charge is 0.497 e. The van der Waals surface area contributed by atoms with Gasteiger partial charge in [0.2, 0.25) is 15.7 Å². The van der Waals surface area contributed by atoms with Gasteiger partial charge in [0.1, 0.15) is 0 Å². The van der Waals surface area contributed by atoms with Crippen LogP contribution in [0.5, 0.6) is 0 Å². The van der Waals surface area contributed by atoms with Gasteiger partial charge in [-0.2, -0.15) is 26.3 Å². The van der Waals surface area contributed by atoms with Crippen LogP contribution in [0, 0.1) is 0 Å². The van der Waals surface area contributed by atoms with Gasteiger partial charge >= 0.3 is 11.7 Å². The molecule has 3 rings (SSSR count). The number of hydrogen-bond acceptors (Lipinski definition) is 4. The molecule has 0 unspecified atom stereocenters. The first kappa shape index (κ1) is 24.0. The minimum absolute atomic E-state index is 0.106. The second-order valence-electron chi connectivity index (χ2n) is 7.35. The molecule has 1 aliphatic heterocycles. The molecule has 32 heavy (non-hydrogen) atoms. The number of halogens is 6. The quantitative estimate of drug-likeness (QED) is 0.609. The van der Waals surface area contributed by atoms with Gasteiger partial charge in [-0.1, -0.05) is 18.2 Å². The minimum Gasteiger partial charge on any atom is -0.338 e. The van der Waals surface area contributed by atoms with Crippen LogP contribution in [0.4, 0.5) is 26.3 Å². The van der Waals surface area contributed by atoms with Gasteiger partial charge in [0.15, 0.2) is 0 Å². The first-order chi connectivity index (χ1) is 14.8. The molecule has 0 atom stereocenters. The van der Waals surface area contributed by atoms with Crippen molar-refractivity contribution in [1.82, 2.24) is 9.88 Å². The monoisotopic (exact) mass is 480 g/mol. The lowest BCUT2D eigenvalue weighted by atomic mass is 9.92. The molecule has 1 amide bonds. The van der Waals surface area contributed by atoms with Crippen LogP contribution in [-0.2, 0) is 40.2 Å². The van der Waals surface area contributed by atoms with Crippen molar-refractivity contribution in [2.45, 2.75) is 37.5 Å². The molecular formula is C20H18F6N2O3S. The highest BCUT2D eigenvalue weighted by molar-refractivity contribution is 7.92. The molecule has 1 aliphatic rings. The summed E-state index contributed by atoms with van der Waals surface area (Å²) in [5, 5.41) is 0. The summed E-state index contributed by atoms with van der Waals surface area (Å²) in [5.41, 5.74) is -3.36. The zero-order valence-electron chi connectivity index (χ0n) is 16.5. The normalized spacial score (nSPS) is 14.9. The van der Waals surface area contributed by atoms with Crippen molar-refractivity contribution in [3.8, 4) is 0 Å². The third-order valence-corrected chi connectivity index (χ3v) is 6.62. The van der Waals surface area contributed by atoms with Crippen molar-refractivity contribution < 1.29 is 39.6 Å². The topological polar surface area (TPSA) is 67.3 Å². The molecule has 0 aliphatic carbocycles. The van der Waals surface area contributed by atoms with Gasteiger partial charge in [-0.05, 0) is 35.2 Å². The standard InChI is InChI=1S/C20H18F6N2O3S/c21-19(22,23)15-4-5-16(27-11-15)10-13-2-1-3-14-12-28(8-6-17(13)14)18(29)7-9-32(30,31)20(24,25)26/h1-5,11H,6-10,12H2. The summed E-state index contributed by atoms with van der Waals surface area (Å²) < 4.78 is 97.8. The predicted octanol–water partition coefficient (Wildman–Crippen LogP) is 3.90. The fourth-order valence-corrected chi connectivity index (χ4v) is 4.13. The molecule has 174 valence electrons. The minimum atomic E-state index is -5.40. The zero-order valence-corrected chi connectivity index (χ0v) is 17.3. The van der Waals surface area contributed by atoms with E-state index in [1.165, 1.54) is 11.0 Å². The lowest BCUT2D eigenvalue weighted by molar-refractivity contribution is -0.138. The van der Waals surface area contributed by atoms with E-state index < -0.39 is 45.2 Å². The number of fused-ring (bicyclic) bond motifs is 1. The molecular weight excluding hydrogens is 462 g/mol. The van der Waals surface area contributed by atoms with E-state index in [9.17, 15) is 39.6 Å². The molecule has 0 spiro atoms. The Morgan fingerprint density at radius 2 is 1.78 bits per heavy atom. The van der Waals surface area contributed by atoms with Crippen LogP contribution in [0.25, 0.3) is 0 Å². The summed E-state index contributed by atoms with van der Waals surface area (Å²) in [4.78, 5) is 17.4. The van der Waals surface area contributed by atoms with Crippen LogP contribution < -0.4 is 0 Å². The van der Waals surface area contributed by atoms with Gasteiger partial charge in [-0.15, -0.1) is 0 Å². The number of nitrogens with zero attached hydrogens (tertiary/aromatic N) is 2. The van der Waals surface area contributed by atoms with E-state index >= 15 is 0 Å². The summed E-state index contributed by atoms with van der Waals surface area (Å²) in [7, 11) is -5.37. The van der Waals surface area contributed by atoms with E-state index in [0.29, 0.717) is 12.1 Å². The van der Waals surface area contributed by atoms with Gasteiger partial charge in [0.05, 0.1) is 11.3 Å². The number of benzene rings is 1. The van der Waals surface area contributed by atoms with E-state index in [1.54, 1.807) is 18.2 Å². The lowest BCUT2D eigenvalue weighted by Crippen LogP contribution is -2.38. The van der Waals surface area contributed by atoms with Crippen molar-refractivity contribution in [1.29, 1.82) is 0 Å². The SMILES string of the molecule is O=C(CCS(=O)(=O)C(F)(F)F)N1CCc2c(Cc3ccc(C(F)(F)F)cn3)cccc2C1. The Kier molecular flexibility index (Phi) is 6.55. The number of alkyl halides is 6. The maximum Gasteiger partial charge on any atom is 0.497 e. The van der Waals surface area contributed by atoms with Crippen LogP contribution in [-0.4, -0.2) is 42.0 Å². The van der Waals surface area contributed by atoms with Crippen LogP contribution in [0.15, 0.2) is 36.5 Å². The maximum absolute atomic E-state index is 12.7. The number of sulfone groups is 1. The van der Waals surface area contributed by atoms with E-state index in [-0.39, 0.29) is 19.5 Å². The molecule has 5 nitrogen and oxygen atoms in total. The van der Waals surface area contributed by atoms with Crippen molar-refractivity contribution in [3.05, 3.63) is 64.5 Å². The number of hydrogen-bond donors (Lipinski definition) is 0. The highest BCUT2D eigenvalue weighted by Gasteiger charge is 2.45. The number of pyridine rings is 1. The van der Waals surface area contributed by atoms with E-state index in [0.717, 1.165) is 29.0 Å². The molecule has 0 N–H and O–H groups in total. The Balaban J connectivity index is 1.68. The average molecular weight is 480 g/mol. The molecule has 0 radical (unpaired) electrons. The molecule has 1 aromatic heterocycles. The fraction of sp³-hybridized carbons (Fsp3) is 0.400. The lowest BCUT2D eigenvalue weighted by Gasteiger charge is -2.30. The Morgan fingerprint density at radius 3 is 2.38 bits per heavy atom. The Hall–Kier alpha value is -2.63. The molecule has 0 bridgehead atoms. The second kappa shape index (κ2) is 8.72. The van der Waals surface area contributed by atoms with Crippen LogP contribution >= 0.6 is 0 Å². The van der Waals surface area contributed by atoms with Crippen molar-refractivity contribution in [3.63, 3.8) is 0 Å². The highest BCUT2D eigenvalue weighted by atomic mass is 32.2. The maximum atomic E-state index is 12.7. The highest BCUT2D eigenvalue weighted by Crippen LogP contribution is 2.30. The average Bonchev–Trinajstić information content (AvgIpc) is 2.71. The number of carbonyl (C=O) groups is 1. The van der Waals surface area contributed by atoms with Gasteiger partial charge < -0.3 is 4.90 Å². The number of carbonyl (C=O) groups excluding carboxylic acids is 1. The number of rotatable bonds is 5. The van der Waals surface area contributed by atoms with E-state index in [1.807, 2.05) is 0 Å². The molecule has 2 heterocycles. The summed E-state index contributed by atoms with van der Waals surface area (Å²) in [6.45, 7) is 0.296. The molecule has 0 saturated heterocycles. The summed E-state index contributed by atoms with van der Waals surface area (Å²) in [5.74, 6) is -2.00.